The molecule has 0 aliphatic carbocycles. The largest absolute Gasteiger partial charge is 0.494 e. The van der Waals surface area contributed by atoms with E-state index in [1.54, 1.807) is 43.5 Å². The van der Waals surface area contributed by atoms with Crippen molar-refractivity contribution in [3.63, 3.8) is 0 Å². The van der Waals surface area contributed by atoms with Crippen LogP contribution in [0.5, 0.6) is 23.0 Å². The fourth-order valence-electron chi connectivity index (χ4n) is 2.32. The van der Waals surface area contributed by atoms with Gasteiger partial charge in [0.2, 0.25) is 0 Å². The molecule has 134 valence electrons. The van der Waals surface area contributed by atoms with Gasteiger partial charge in [-0.1, -0.05) is 0 Å². The lowest BCUT2D eigenvalue weighted by molar-refractivity contribution is 0.102. The summed E-state index contributed by atoms with van der Waals surface area (Å²) in [6.07, 6.45) is 0. The number of rotatable bonds is 8. The zero-order valence-electron chi connectivity index (χ0n) is 14.9. The van der Waals surface area contributed by atoms with Crippen LogP contribution in [0, 0.1) is 0 Å². The lowest BCUT2D eigenvalue weighted by Gasteiger charge is -2.14. The van der Waals surface area contributed by atoms with Crippen molar-refractivity contribution in [3.05, 3.63) is 42.0 Å². The molecule has 0 bridgehead atoms. The summed E-state index contributed by atoms with van der Waals surface area (Å²) < 4.78 is 21.5. The van der Waals surface area contributed by atoms with Gasteiger partial charge in [0, 0.05) is 11.6 Å². The summed E-state index contributed by atoms with van der Waals surface area (Å²) in [7, 11) is 3.07. The second kappa shape index (κ2) is 8.82. The molecular formula is C19H23NO5. The second-order valence-corrected chi connectivity index (χ2v) is 5.05. The van der Waals surface area contributed by atoms with E-state index in [0.717, 1.165) is 0 Å². The predicted octanol–water partition coefficient (Wildman–Crippen LogP) is 3.75. The third-order valence-corrected chi connectivity index (χ3v) is 3.46. The molecule has 6 heteroatoms. The molecule has 0 aromatic heterocycles. The minimum absolute atomic E-state index is 0.282. The molecule has 0 heterocycles. The number of benzene rings is 2. The van der Waals surface area contributed by atoms with Crippen LogP contribution < -0.4 is 24.3 Å². The highest BCUT2D eigenvalue weighted by Gasteiger charge is 2.14. The van der Waals surface area contributed by atoms with E-state index in [4.69, 9.17) is 18.9 Å². The van der Waals surface area contributed by atoms with Crippen LogP contribution in [-0.2, 0) is 0 Å². The zero-order chi connectivity index (χ0) is 18.2. The first-order valence-electron chi connectivity index (χ1n) is 8.05. The number of anilines is 1. The van der Waals surface area contributed by atoms with Gasteiger partial charge in [0.25, 0.3) is 5.91 Å². The average molecular weight is 345 g/mol. The van der Waals surface area contributed by atoms with Crippen LogP contribution in [0.15, 0.2) is 36.4 Å². The van der Waals surface area contributed by atoms with Crippen molar-refractivity contribution >= 4 is 11.6 Å². The lowest BCUT2D eigenvalue weighted by Crippen LogP contribution is -2.13. The Bertz CT molecular complexity index is 730. The number of carbonyl (C=O) groups is 1. The van der Waals surface area contributed by atoms with Gasteiger partial charge in [-0.3, -0.25) is 4.79 Å². The number of nitrogens with one attached hydrogen (secondary N) is 1. The number of methoxy groups -OCH3 is 2. The van der Waals surface area contributed by atoms with Crippen molar-refractivity contribution in [1.82, 2.24) is 0 Å². The van der Waals surface area contributed by atoms with E-state index in [2.05, 4.69) is 5.32 Å². The Balaban J connectivity index is 2.28. The molecule has 0 aliphatic rings. The van der Waals surface area contributed by atoms with Crippen molar-refractivity contribution in [2.24, 2.45) is 0 Å². The molecule has 0 spiro atoms. The summed E-state index contributed by atoms with van der Waals surface area (Å²) in [5, 5.41) is 2.86. The van der Waals surface area contributed by atoms with Crippen LogP contribution >= 0.6 is 0 Å². The molecular weight excluding hydrogens is 322 g/mol. The van der Waals surface area contributed by atoms with Gasteiger partial charge in [0.15, 0.2) is 11.5 Å². The maximum atomic E-state index is 12.6. The van der Waals surface area contributed by atoms with E-state index < -0.39 is 0 Å². The molecule has 2 aromatic carbocycles. The third-order valence-electron chi connectivity index (χ3n) is 3.46. The SMILES string of the molecule is CCOc1ccc(OCC)c(NC(=O)c2ccc(OC)c(OC)c2)c1. The van der Waals surface area contributed by atoms with Gasteiger partial charge in [-0.05, 0) is 44.2 Å². The Kier molecular flexibility index (Phi) is 6.51. The summed E-state index contributed by atoms with van der Waals surface area (Å²) in [5.74, 6) is 2.01. The molecule has 1 N–H and O–H groups in total. The summed E-state index contributed by atoms with van der Waals surface area (Å²) in [5.41, 5.74) is 0.995. The minimum Gasteiger partial charge on any atom is -0.494 e. The lowest BCUT2D eigenvalue weighted by atomic mass is 10.1. The standard InChI is InChI=1S/C19H23NO5/c1-5-24-14-8-10-16(25-6-2)15(12-14)20-19(21)13-7-9-17(22-3)18(11-13)23-4/h7-12H,5-6H2,1-4H3,(H,20,21). The third kappa shape index (κ3) is 4.56. The fourth-order valence-corrected chi connectivity index (χ4v) is 2.32. The summed E-state index contributed by atoms with van der Waals surface area (Å²) in [4.78, 5) is 12.6. The van der Waals surface area contributed by atoms with E-state index in [1.807, 2.05) is 13.8 Å². The van der Waals surface area contributed by atoms with E-state index in [0.29, 0.717) is 47.5 Å². The van der Waals surface area contributed by atoms with Gasteiger partial charge in [0.05, 0.1) is 33.1 Å². The molecule has 0 atom stereocenters. The monoisotopic (exact) mass is 345 g/mol. The van der Waals surface area contributed by atoms with Crippen LogP contribution in [-0.4, -0.2) is 33.3 Å². The molecule has 1 amide bonds. The van der Waals surface area contributed by atoms with E-state index >= 15 is 0 Å². The normalized spacial score (nSPS) is 10.1. The molecule has 25 heavy (non-hydrogen) atoms. The Morgan fingerprint density at radius 3 is 2.20 bits per heavy atom. The highest BCUT2D eigenvalue weighted by molar-refractivity contribution is 6.05. The highest BCUT2D eigenvalue weighted by Crippen LogP contribution is 2.31. The number of carbonyl (C=O) groups excluding carboxylic acids is 1. The average Bonchev–Trinajstić information content (AvgIpc) is 2.63. The molecule has 6 nitrogen and oxygen atoms in total. The molecule has 2 aromatic rings. The Morgan fingerprint density at radius 2 is 1.56 bits per heavy atom. The first-order valence-corrected chi connectivity index (χ1v) is 8.05. The predicted molar refractivity (Wildman–Crippen MR) is 96.3 cm³/mol. The van der Waals surface area contributed by atoms with Crippen molar-refractivity contribution in [3.8, 4) is 23.0 Å². The van der Waals surface area contributed by atoms with E-state index in [1.165, 1.54) is 7.11 Å². The smallest absolute Gasteiger partial charge is 0.255 e. The number of ether oxygens (including phenoxy) is 4. The van der Waals surface area contributed by atoms with Gasteiger partial charge < -0.3 is 24.3 Å². The summed E-state index contributed by atoms with van der Waals surface area (Å²) in [6.45, 7) is 4.82. The van der Waals surface area contributed by atoms with Crippen molar-refractivity contribution in [1.29, 1.82) is 0 Å². The van der Waals surface area contributed by atoms with Gasteiger partial charge in [-0.25, -0.2) is 0 Å². The van der Waals surface area contributed by atoms with E-state index in [-0.39, 0.29) is 5.91 Å². The first kappa shape index (κ1) is 18.4. The van der Waals surface area contributed by atoms with Gasteiger partial charge in [0.1, 0.15) is 11.5 Å². The van der Waals surface area contributed by atoms with Crippen LogP contribution in [0.3, 0.4) is 0 Å². The van der Waals surface area contributed by atoms with Gasteiger partial charge >= 0.3 is 0 Å². The highest BCUT2D eigenvalue weighted by atomic mass is 16.5. The minimum atomic E-state index is -0.282. The van der Waals surface area contributed by atoms with Crippen LogP contribution in [0.25, 0.3) is 0 Å². The molecule has 0 saturated heterocycles. The summed E-state index contributed by atoms with van der Waals surface area (Å²) in [6, 6.07) is 10.3. The van der Waals surface area contributed by atoms with Crippen LogP contribution in [0.2, 0.25) is 0 Å². The molecule has 0 saturated carbocycles. The van der Waals surface area contributed by atoms with Gasteiger partial charge in [-0.15, -0.1) is 0 Å². The molecule has 0 fully saturated rings. The van der Waals surface area contributed by atoms with Crippen molar-refractivity contribution in [2.45, 2.75) is 13.8 Å². The first-order chi connectivity index (χ1) is 12.1. The van der Waals surface area contributed by atoms with Crippen LogP contribution in [0.4, 0.5) is 5.69 Å². The Labute approximate surface area is 147 Å². The van der Waals surface area contributed by atoms with Crippen molar-refractivity contribution < 1.29 is 23.7 Å². The number of hydrogen-bond donors (Lipinski definition) is 1. The summed E-state index contributed by atoms with van der Waals surface area (Å²) >= 11 is 0. The Morgan fingerprint density at radius 1 is 0.880 bits per heavy atom. The molecule has 2 rings (SSSR count). The quantitative estimate of drug-likeness (QED) is 0.789. The van der Waals surface area contributed by atoms with Crippen LogP contribution in [0.1, 0.15) is 24.2 Å². The number of hydrogen-bond acceptors (Lipinski definition) is 5. The maximum Gasteiger partial charge on any atom is 0.255 e. The topological polar surface area (TPSA) is 66.0 Å². The molecule has 0 unspecified atom stereocenters. The Hall–Kier alpha value is -2.89. The maximum absolute atomic E-state index is 12.6. The molecule has 0 aliphatic heterocycles. The zero-order valence-corrected chi connectivity index (χ0v) is 14.9. The van der Waals surface area contributed by atoms with E-state index in [9.17, 15) is 4.79 Å². The second-order valence-electron chi connectivity index (χ2n) is 5.05. The fraction of sp³-hybridized carbons (Fsp3) is 0.316. The number of amides is 1. The van der Waals surface area contributed by atoms with Gasteiger partial charge in [-0.2, -0.15) is 0 Å². The van der Waals surface area contributed by atoms with Crippen molar-refractivity contribution in [2.75, 3.05) is 32.8 Å². The molecule has 0 radical (unpaired) electrons.